The van der Waals surface area contributed by atoms with Gasteiger partial charge < -0.3 is 21.5 Å². The van der Waals surface area contributed by atoms with E-state index in [9.17, 15) is 14.7 Å². The molecule has 172 valence electrons. The van der Waals surface area contributed by atoms with Gasteiger partial charge in [0.05, 0.1) is 12.3 Å². The fourth-order valence-corrected chi connectivity index (χ4v) is 4.26. The number of fused-ring (bicyclic) bond motifs is 1. The molecule has 3 heterocycles. The number of aryl methyl sites for hydroxylation is 1. The molecule has 1 aromatic carbocycles. The predicted molar refractivity (Wildman–Crippen MR) is 126 cm³/mol. The average molecular weight is 469 g/mol. The maximum absolute atomic E-state index is 13.2. The molecular weight excluding hydrogens is 444 g/mol. The second kappa shape index (κ2) is 9.60. The molecule has 0 radical (unpaired) electrons. The van der Waals surface area contributed by atoms with Crippen LogP contribution in [-0.2, 0) is 30.9 Å². The van der Waals surface area contributed by atoms with Gasteiger partial charge in [0.25, 0.3) is 5.56 Å². The molecule has 0 unspecified atom stereocenters. The molecule has 0 fully saturated rings. The zero-order valence-electron chi connectivity index (χ0n) is 18.1. The summed E-state index contributed by atoms with van der Waals surface area (Å²) in [5.74, 6) is 0.233. The Hall–Kier alpha value is -3.43. The van der Waals surface area contributed by atoms with Crippen LogP contribution in [0.1, 0.15) is 40.5 Å². The van der Waals surface area contributed by atoms with Crippen LogP contribution in [0.2, 0.25) is 5.15 Å². The molecule has 10 heteroatoms. The first-order valence-corrected chi connectivity index (χ1v) is 11.0. The Labute approximate surface area is 195 Å². The molecule has 0 saturated carbocycles. The van der Waals surface area contributed by atoms with Crippen LogP contribution >= 0.6 is 11.6 Å². The number of benzene rings is 1. The molecule has 0 saturated heterocycles. The van der Waals surface area contributed by atoms with E-state index in [0.29, 0.717) is 30.9 Å². The van der Waals surface area contributed by atoms with Gasteiger partial charge in [0, 0.05) is 18.8 Å². The molecule has 33 heavy (non-hydrogen) atoms. The zero-order chi connectivity index (χ0) is 23.5. The van der Waals surface area contributed by atoms with E-state index in [1.807, 2.05) is 37.3 Å². The highest BCUT2D eigenvalue weighted by Crippen LogP contribution is 2.29. The van der Waals surface area contributed by atoms with Gasteiger partial charge in [0.15, 0.2) is 11.0 Å². The minimum absolute atomic E-state index is 0.0673. The maximum atomic E-state index is 13.2. The Morgan fingerprint density at radius 1 is 1.24 bits per heavy atom. The van der Waals surface area contributed by atoms with E-state index in [2.05, 4.69) is 20.6 Å². The van der Waals surface area contributed by atoms with Crippen molar-refractivity contribution in [1.82, 2.24) is 19.9 Å². The first kappa shape index (κ1) is 22.8. The van der Waals surface area contributed by atoms with Gasteiger partial charge in [-0.1, -0.05) is 41.9 Å². The van der Waals surface area contributed by atoms with Crippen molar-refractivity contribution in [3.05, 3.63) is 80.0 Å². The molecule has 1 aliphatic heterocycles. The lowest BCUT2D eigenvalue weighted by atomic mass is 10.1. The molecule has 2 aromatic heterocycles. The Kier molecular flexibility index (Phi) is 6.62. The SMILES string of the molecule is Cc1nc(N)ccc1CNC(=O)[C@@H]1CCc2c(Cl)nc(NCc3cccc(CO)c3)c(=O)n21. The van der Waals surface area contributed by atoms with Gasteiger partial charge in [0.1, 0.15) is 11.9 Å². The number of nitrogens with two attached hydrogens (primary N) is 1. The van der Waals surface area contributed by atoms with Crippen molar-refractivity contribution in [3.8, 4) is 0 Å². The maximum Gasteiger partial charge on any atom is 0.294 e. The fraction of sp³-hybridized carbons (Fsp3) is 0.304. The van der Waals surface area contributed by atoms with Gasteiger partial charge in [-0.25, -0.2) is 9.97 Å². The van der Waals surface area contributed by atoms with Gasteiger partial charge >= 0.3 is 0 Å². The second-order valence-corrected chi connectivity index (χ2v) is 8.32. The monoisotopic (exact) mass is 468 g/mol. The van der Waals surface area contributed by atoms with E-state index in [1.165, 1.54) is 4.57 Å². The summed E-state index contributed by atoms with van der Waals surface area (Å²) >= 11 is 6.36. The summed E-state index contributed by atoms with van der Waals surface area (Å²) in [7, 11) is 0. The number of aliphatic hydroxyl groups excluding tert-OH is 1. The van der Waals surface area contributed by atoms with E-state index in [4.69, 9.17) is 17.3 Å². The van der Waals surface area contributed by atoms with Crippen LogP contribution in [0.3, 0.4) is 0 Å². The number of pyridine rings is 1. The summed E-state index contributed by atoms with van der Waals surface area (Å²) in [5.41, 5.74) is 9.09. The second-order valence-electron chi connectivity index (χ2n) is 7.96. The summed E-state index contributed by atoms with van der Waals surface area (Å²) < 4.78 is 1.44. The lowest BCUT2D eigenvalue weighted by Gasteiger charge is -2.17. The Bertz CT molecular complexity index is 1260. The van der Waals surface area contributed by atoms with Gasteiger partial charge in [-0.05, 0) is 42.5 Å². The number of nitrogens with zero attached hydrogens (tertiary/aromatic N) is 3. The summed E-state index contributed by atoms with van der Waals surface area (Å²) in [6.07, 6.45) is 0.948. The van der Waals surface area contributed by atoms with Crippen molar-refractivity contribution in [1.29, 1.82) is 0 Å². The molecule has 5 N–H and O–H groups in total. The number of carbonyl (C=O) groups is 1. The number of amides is 1. The van der Waals surface area contributed by atoms with Gasteiger partial charge in [-0.2, -0.15) is 0 Å². The molecule has 4 rings (SSSR count). The Morgan fingerprint density at radius 2 is 2.03 bits per heavy atom. The number of halogens is 1. The third-order valence-corrected chi connectivity index (χ3v) is 6.04. The van der Waals surface area contributed by atoms with E-state index in [0.717, 1.165) is 22.4 Å². The minimum Gasteiger partial charge on any atom is -0.392 e. The lowest BCUT2D eigenvalue weighted by Crippen LogP contribution is -2.36. The highest BCUT2D eigenvalue weighted by Gasteiger charge is 2.32. The quantitative estimate of drug-likeness (QED) is 0.417. The van der Waals surface area contributed by atoms with Gasteiger partial charge in [-0.15, -0.1) is 0 Å². The number of rotatable bonds is 7. The largest absolute Gasteiger partial charge is 0.392 e. The molecule has 0 aliphatic carbocycles. The smallest absolute Gasteiger partial charge is 0.294 e. The van der Waals surface area contributed by atoms with Crippen LogP contribution in [0.25, 0.3) is 0 Å². The molecule has 3 aromatic rings. The molecule has 0 bridgehead atoms. The summed E-state index contributed by atoms with van der Waals surface area (Å²) in [6, 6.07) is 10.2. The van der Waals surface area contributed by atoms with Crippen molar-refractivity contribution >= 4 is 29.1 Å². The topological polar surface area (TPSA) is 135 Å². The summed E-state index contributed by atoms with van der Waals surface area (Å²) in [4.78, 5) is 34.6. The van der Waals surface area contributed by atoms with Gasteiger partial charge in [-0.3, -0.25) is 14.2 Å². The van der Waals surface area contributed by atoms with Crippen molar-refractivity contribution in [3.63, 3.8) is 0 Å². The van der Waals surface area contributed by atoms with Crippen LogP contribution in [0.4, 0.5) is 11.6 Å². The van der Waals surface area contributed by atoms with E-state index in [-0.39, 0.29) is 30.0 Å². The number of nitrogen functional groups attached to an aromatic ring is 1. The average Bonchev–Trinajstić information content (AvgIpc) is 3.26. The van der Waals surface area contributed by atoms with Crippen LogP contribution in [0.5, 0.6) is 0 Å². The first-order valence-electron chi connectivity index (χ1n) is 10.6. The number of nitrogens with one attached hydrogen (secondary N) is 2. The van der Waals surface area contributed by atoms with E-state index in [1.54, 1.807) is 6.07 Å². The number of aromatic nitrogens is 3. The van der Waals surface area contributed by atoms with Gasteiger partial charge in [0.2, 0.25) is 5.91 Å². The third-order valence-electron chi connectivity index (χ3n) is 5.73. The Morgan fingerprint density at radius 3 is 2.79 bits per heavy atom. The summed E-state index contributed by atoms with van der Waals surface area (Å²) in [6.45, 7) is 2.37. The molecule has 1 atom stereocenters. The van der Waals surface area contributed by atoms with Crippen molar-refractivity contribution in [2.75, 3.05) is 11.1 Å². The lowest BCUT2D eigenvalue weighted by molar-refractivity contribution is -0.124. The minimum atomic E-state index is -0.673. The molecule has 9 nitrogen and oxygen atoms in total. The van der Waals surface area contributed by atoms with Crippen LogP contribution in [-0.4, -0.2) is 25.5 Å². The predicted octanol–water partition coefficient (Wildman–Crippen LogP) is 2.09. The highest BCUT2D eigenvalue weighted by atomic mass is 35.5. The number of aliphatic hydroxyl groups is 1. The fourth-order valence-electron chi connectivity index (χ4n) is 3.99. The molecule has 1 amide bonds. The molecule has 1 aliphatic rings. The van der Waals surface area contributed by atoms with E-state index >= 15 is 0 Å². The van der Waals surface area contributed by atoms with Crippen molar-refractivity contribution in [2.24, 2.45) is 0 Å². The highest BCUT2D eigenvalue weighted by molar-refractivity contribution is 6.30. The standard InChI is InChI=1S/C23H25ClN6O3/c1-13-16(5-8-19(25)28-13)11-27-22(32)18-7-6-17-20(24)29-21(23(33)30(17)18)26-10-14-3-2-4-15(9-14)12-31/h2-5,8-9,18,31H,6-7,10-12H2,1H3,(H2,25,28)(H,26,29)(H,27,32)/t18-/m0/s1. The zero-order valence-corrected chi connectivity index (χ0v) is 18.9. The molecular formula is C23H25ClN6O3. The number of anilines is 2. The number of hydrogen-bond acceptors (Lipinski definition) is 7. The van der Waals surface area contributed by atoms with E-state index < -0.39 is 11.6 Å². The van der Waals surface area contributed by atoms with Crippen molar-refractivity contribution in [2.45, 2.75) is 45.5 Å². The molecule has 0 spiro atoms. The summed E-state index contributed by atoms with van der Waals surface area (Å²) in [5, 5.41) is 15.4. The first-order chi connectivity index (χ1) is 15.9. The third kappa shape index (κ3) is 4.84. The number of carbonyl (C=O) groups excluding carboxylic acids is 1. The van der Waals surface area contributed by atoms with Crippen molar-refractivity contribution < 1.29 is 9.90 Å². The van der Waals surface area contributed by atoms with Crippen LogP contribution in [0.15, 0.2) is 41.2 Å². The Balaban J connectivity index is 1.52. The van der Waals surface area contributed by atoms with Crippen LogP contribution in [0, 0.1) is 6.92 Å². The number of hydrogen-bond donors (Lipinski definition) is 4. The normalized spacial score (nSPS) is 14.7. The van der Waals surface area contributed by atoms with Crippen LogP contribution < -0.4 is 21.9 Å².